The Morgan fingerprint density at radius 3 is 2.95 bits per heavy atom. The molecule has 0 unspecified atom stereocenters. The molecule has 0 spiro atoms. The average Bonchev–Trinajstić information content (AvgIpc) is 2.92. The predicted molar refractivity (Wildman–Crippen MR) is 77.9 cm³/mol. The first-order valence-electron chi connectivity index (χ1n) is 6.43. The molecule has 1 N–H and O–H groups in total. The van der Waals surface area contributed by atoms with Gasteiger partial charge >= 0.3 is 0 Å². The van der Waals surface area contributed by atoms with Crippen LogP contribution in [0, 0.1) is 0 Å². The number of nitrogens with one attached hydrogen (secondary N) is 1. The van der Waals surface area contributed by atoms with Crippen LogP contribution >= 0.6 is 11.3 Å². The van der Waals surface area contributed by atoms with E-state index >= 15 is 0 Å². The number of carbonyl (C=O) groups is 1. The lowest BCUT2D eigenvalue weighted by Crippen LogP contribution is -2.27. The molecule has 2 aromatic heterocycles. The van der Waals surface area contributed by atoms with Crippen LogP contribution in [0.2, 0.25) is 0 Å². The lowest BCUT2D eigenvalue weighted by molar-refractivity contribution is -0.116. The first-order chi connectivity index (χ1) is 9.69. The zero-order valence-corrected chi connectivity index (χ0v) is 12.0. The van der Waals surface area contributed by atoms with Crippen molar-refractivity contribution in [2.75, 3.05) is 5.32 Å². The Kier molecular flexibility index (Phi) is 5.00. The third kappa shape index (κ3) is 3.99. The summed E-state index contributed by atoms with van der Waals surface area (Å²) in [5, 5.41) is 4.92. The number of unbranched alkanes of at least 4 members (excludes halogenated alkanes) is 1. The van der Waals surface area contributed by atoms with Gasteiger partial charge < -0.3 is 5.32 Å². The van der Waals surface area contributed by atoms with Gasteiger partial charge in [-0.15, -0.1) is 11.3 Å². The first-order valence-corrected chi connectivity index (χ1v) is 7.31. The van der Waals surface area contributed by atoms with E-state index < -0.39 is 0 Å². The van der Waals surface area contributed by atoms with E-state index in [1.165, 1.54) is 28.3 Å². The molecule has 0 saturated heterocycles. The summed E-state index contributed by atoms with van der Waals surface area (Å²) in [5.41, 5.74) is 0.564. The molecule has 7 heteroatoms. The molecular formula is C13H16N4O2S. The van der Waals surface area contributed by atoms with E-state index in [4.69, 9.17) is 0 Å². The maximum atomic E-state index is 11.9. The lowest BCUT2D eigenvalue weighted by Gasteiger charge is -2.06. The van der Waals surface area contributed by atoms with E-state index in [9.17, 15) is 9.59 Å². The minimum atomic E-state index is -0.287. The monoisotopic (exact) mass is 292 g/mol. The molecule has 0 fully saturated rings. The number of hydrogen-bond donors (Lipinski definition) is 1. The molecule has 2 rings (SSSR count). The topological polar surface area (TPSA) is 76.9 Å². The van der Waals surface area contributed by atoms with Gasteiger partial charge in [-0.1, -0.05) is 13.3 Å². The molecule has 0 aromatic carbocycles. The van der Waals surface area contributed by atoms with Gasteiger partial charge in [0.15, 0.2) is 5.13 Å². The summed E-state index contributed by atoms with van der Waals surface area (Å²) in [6, 6.07) is 1.49. The molecule has 1 amide bonds. The summed E-state index contributed by atoms with van der Waals surface area (Å²) in [7, 11) is 0. The van der Waals surface area contributed by atoms with Crippen molar-refractivity contribution in [2.45, 2.75) is 32.7 Å². The van der Waals surface area contributed by atoms with Crippen molar-refractivity contribution in [3.8, 4) is 0 Å². The Hall–Kier alpha value is -2.02. The molecule has 0 aliphatic rings. The standard InChI is InChI=1S/C13H16N4O2S/c1-2-3-4-10-7-12(19)17(9-15-10)8-11(18)16-13-14-5-6-20-13/h5-7,9H,2-4,8H2,1H3,(H,14,16,18). The number of aromatic nitrogens is 3. The number of anilines is 1. The van der Waals surface area contributed by atoms with Crippen molar-refractivity contribution >= 4 is 22.4 Å². The maximum Gasteiger partial charge on any atom is 0.253 e. The molecule has 106 valence electrons. The summed E-state index contributed by atoms with van der Waals surface area (Å²) in [5.74, 6) is -0.287. The fourth-order valence-corrected chi connectivity index (χ4v) is 2.22. The summed E-state index contributed by atoms with van der Waals surface area (Å²) >= 11 is 1.33. The Morgan fingerprint density at radius 2 is 2.30 bits per heavy atom. The highest BCUT2D eigenvalue weighted by molar-refractivity contribution is 7.13. The molecule has 0 radical (unpaired) electrons. The third-order valence-corrected chi connectivity index (χ3v) is 3.40. The van der Waals surface area contributed by atoms with Crippen LogP contribution in [-0.2, 0) is 17.8 Å². The van der Waals surface area contributed by atoms with Crippen molar-refractivity contribution < 1.29 is 4.79 Å². The van der Waals surface area contributed by atoms with E-state index in [-0.39, 0.29) is 18.0 Å². The molecule has 20 heavy (non-hydrogen) atoms. The number of thiazole rings is 1. The largest absolute Gasteiger partial charge is 0.300 e. The number of rotatable bonds is 6. The van der Waals surface area contributed by atoms with Crippen LogP contribution in [0.4, 0.5) is 5.13 Å². The number of nitrogens with zero attached hydrogens (tertiary/aromatic N) is 3. The summed E-state index contributed by atoms with van der Waals surface area (Å²) in [4.78, 5) is 31.8. The van der Waals surface area contributed by atoms with Crippen molar-refractivity contribution in [1.82, 2.24) is 14.5 Å². The van der Waals surface area contributed by atoms with E-state index in [1.807, 2.05) is 0 Å². The van der Waals surface area contributed by atoms with Crippen molar-refractivity contribution in [3.05, 3.63) is 40.0 Å². The Labute approximate surface area is 120 Å². The van der Waals surface area contributed by atoms with Gasteiger partial charge in [-0.05, 0) is 12.8 Å². The minimum absolute atomic E-state index is 0.0561. The third-order valence-electron chi connectivity index (χ3n) is 2.72. The molecule has 0 saturated carbocycles. The lowest BCUT2D eigenvalue weighted by atomic mass is 10.2. The Bertz CT molecular complexity index is 622. The summed E-state index contributed by atoms with van der Waals surface area (Å²) in [6.07, 6.45) is 5.88. The number of carbonyl (C=O) groups excluding carboxylic acids is 1. The van der Waals surface area contributed by atoms with Gasteiger partial charge in [0.1, 0.15) is 6.54 Å². The molecule has 6 nitrogen and oxygen atoms in total. The van der Waals surface area contributed by atoms with E-state index in [2.05, 4.69) is 22.2 Å². The van der Waals surface area contributed by atoms with Gasteiger partial charge in [-0.25, -0.2) is 9.97 Å². The molecule has 0 bridgehead atoms. The second kappa shape index (κ2) is 6.95. The quantitative estimate of drug-likeness (QED) is 0.878. The van der Waals surface area contributed by atoms with Gasteiger partial charge in [0.05, 0.1) is 6.33 Å². The summed E-state index contributed by atoms with van der Waals surface area (Å²) in [6.45, 7) is 2.03. The molecule has 2 aromatic rings. The van der Waals surface area contributed by atoms with Crippen molar-refractivity contribution in [1.29, 1.82) is 0 Å². The van der Waals surface area contributed by atoms with E-state index in [0.717, 1.165) is 25.0 Å². The smallest absolute Gasteiger partial charge is 0.253 e. The Balaban J connectivity index is 1.99. The highest BCUT2D eigenvalue weighted by atomic mass is 32.1. The number of amides is 1. The fourth-order valence-electron chi connectivity index (χ4n) is 1.68. The van der Waals surface area contributed by atoms with Gasteiger partial charge in [0.2, 0.25) is 5.91 Å². The van der Waals surface area contributed by atoms with Crippen LogP contribution < -0.4 is 10.9 Å². The van der Waals surface area contributed by atoms with E-state index in [0.29, 0.717) is 5.13 Å². The Morgan fingerprint density at radius 1 is 1.45 bits per heavy atom. The highest BCUT2D eigenvalue weighted by Gasteiger charge is 2.07. The zero-order chi connectivity index (χ0) is 14.4. The van der Waals surface area contributed by atoms with Crippen LogP contribution in [0.5, 0.6) is 0 Å². The average molecular weight is 292 g/mol. The molecule has 2 heterocycles. The second-order valence-electron chi connectivity index (χ2n) is 4.34. The van der Waals surface area contributed by atoms with Crippen LogP contribution in [-0.4, -0.2) is 20.4 Å². The highest BCUT2D eigenvalue weighted by Crippen LogP contribution is 2.09. The van der Waals surface area contributed by atoms with Crippen molar-refractivity contribution in [2.24, 2.45) is 0 Å². The van der Waals surface area contributed by atoms with Gasteiger partial charge in [0.25, 0.3) is 5.56 Å². The molecule has 0 aliphatic carbocycles. The van der Waals surface area contributed by atoms with Gasteiger partial charge in [-0.2, -0.15) is 0 Å². The van der Waals surface area contributed by atoms with Crippen LogP contribution in [0.3, 0.4) is 0 Å². The molecule has 0 atom stereocenters. The number of aryl methyl sites for hydroxylation is 1. The number of hydrogen-bond acceptors (Lipinski definition) is 5. The fraction of sp³-hybridized carbons (Fsp3) is 0.385. The van der Waals surface area contributed by atoms with Gasteiger partial charge in [0, 0.05) is 23.3 Å². The first kappa shape index (κ1) is 14.4. The normalized spacial score (nSPS) is 10.4. The van der Waals surface area contributed by atoms with Crippen molar-refractivity contribution in [3.63, 3.8) is 0 Å². The van der Waals surface area contributed by atoms with Gasteiger partial charge in [-0.3, -0.25) is 14.2 Å². The van der Waals surface area contributed by atoms with Crippen LogP contribution in [0.1, 0.15) is 25.5 Å². The second-order valence-corrected chi connectivity index (χ2v) is 5.23. The van der Waals surface area contributed by atoms with E-state index in [1.54, 1.807) is 11.6 Å². The summed E-state index contributed by atoms with van der Waals surface area (Å²) < 4.78 is 1.29. The predicted octanol–water partition coefficient (Wildman–Crippen LogP) is 1.68. The molecule has 0 aliphatic heterocycles. The maximum absolute atomic E-state index is 11.9. The SMILES string of the molecule is CCCCc1cc(=O)n(CC(=O)Nc2nccs2)cn1. The zero-order valence-electron chi connectivity index (χ0n) is 11.2. The van der Waals surface area contributed by atoms with Crippen LogP contribution in [0.15, 0.2) is 28.8 Å². The molecular weight excluding hydrogens is 276 g/mol. The van der Waals surface area contributed by atoms with Crippen LogP contribution in [0.25, 0.3) is 0 Å². The minimum Gasteiger partial charge on any atom is -0.300 e.